The Morgan fingerprint density at radius 2 is 0.697 bits per heavy atom. The summed E-state index contributed by atoms with van der Waals surface area (Å²) >= 11 is 3.80. The molecule has 6 aliphatic rings. The predicted octanol–water partition coefficient (Wildman–Crippen LogP) is 15.7. The van der Waals surface area contributed by atoms with Gasteiger partial charge in [0.1, 0.15) is 14.6 Å². The fourth-order valence-corrected chi connectivity index (χ4v) is 17.0. The molecule has 9 rings (SSSR count). The predicted molar refractivity (Wildman–Crippen MR) is 403 cm³/mol. The van der Waals surface area contributed by atoms with E-state index in [4.69, 9.17) is 9.47 Å². The van der Waals surface area contributed by atoms with E-state index in [2.05, 4.69) is 115 Å². The van der Waals surface area contributed by atoms with Gasteiger partial charge in [0.2, 0.25) is 23.6 Å². The second-order valence-corrected chi connectivity index (χ2v) is 36.5. The fourth-order valence-electron chi connectivity index (χ4n) is 14.4. The van der Waals surface area contributed by atoms with Crippen LogP contribution in [0.15, 0.2) is 18.2 Å². The number of ether oxygens (including phenoxy) is 2. The smallest absolute Gasteiger partial charge is 0.350 e. The normalized spacial score (nSPS) is 25.0. The maximum absolute atomic E-state index is 13.9. The van der Waals surface area contributed by atoms with Crippen molar-refractivity contribution in [2.24, 2.45) is 69.5 Å². The van der Waals surface area contributed by atoms with Gasteiger partial charge in [-0.1, -0.05) is 56.3 Å². The van der Waals surface area contributed by atoms with E-state index in [1.165, 1.54) is 48.2 Å². The molecule has 0 unspecified atom stereocenters. The number of rotatable bonds is 17. The zero-order chi connectivity index (χ0) is 73.2. The largest absolute Gasteiger partial charge is 0.477 e. The summed E-state index contributed by atoms with van der Waals surface area (Å²) in [6.45, 7) is 27.2. The molecule has 6 saturated carbocycles. The number of carboxylic acid groups (broad SMARTS) is 1. The Morgan fingerprint density at radius 1 is 0.424 bits per heavy atom. The molecule has 99 heavy (non-hydrogen) atoms. The Balaban J connectivity index is 0.000000209. The summed E-state index contributed by atoms with van der Waals surface area (Å²) in [4.78, 5) is 107. The van der Waals surface area contributed by atoms with Crippen molar-refractivity contribution in [3.63, 3.8) is 0 Å². The van der Waals surface area contributed by atoms with Gasteiger partial charge in [-0.25, -0.2) is 14.4 Å². The quantitative estimate of drug-likeness (QED) is 0.100. The van der Waals surface area contributed by atoms with Crippen molar-refractivity contribution < 1.29 is 48.1 Å². The average Bonchev–Trinajstić information content (AvgIpc) is 1.71. The van der Waals surface area contributed by atoms with E-state index in [9.17, 15) is 38.7 Å². The van der Waals surface area contributed by atoms with E-state index in [-0.39, 0.29) is 86.5 Å². The fraction of sp³-hybridized carbons (Fsp3) is 0.688. The van der Waals surface area contributed by atoms with E-state index in [1.54, 1.807) is 19.0 Å². The Labute approximate surface area is 605 Å². The van der Waals surface area contributed by atoms with Crippen molar-refractivity contribution in [3.8, 4) is 35.5 Å². The molecule has 544 valence electrons. The van der Waals surface area contributed by atoms with Gasteiger partial charge in [0.15, 0.2) is 0 Å². The molecule has 0 bridgehead atoms. The number of carboxylic acids is 1. The van der Waals surface area contributed by atoms with Gasteiger partial charge >= 0.3 is 17.9 Å². The summed E-state index contributed by atoms with van der Waals surface area (Å²) in [5, 5.41) is 9.94. The summed E-state index contributed by atoms with van der Waals surface area (Å²) in [7, 11) is 14.6. The highest BCUT2D eigenvalue weighted by Crippen LogP contribution is 2.46. The van der Waals surface area contributed by atoms with Crippen molar-refractivity contribution in [3.05, 3.63) is 47.5 Å². The Morgan fingerprint density at radius 3 is 0.949 bits per heavy atom. The first-order valence-electron chi connectivity index (χ1n) is 36.2. The number of methoxy groups -OCH3 is 2. The molecule has 1 N–H and O–H groups in total. The van der Waals surface area contributed by atoms with Gasteiger partial charge in [-0.05, 0) is 254 Å². The molecule has 3 heterocycles. The van der Waals surface area contributed by atoms with E-state index >= 15 is 0 Å². The first-order valence-corrected chi connectivity index (χ1v) is 38.7. The number of nitrogens with zero attached hydrogens (tertiary/aromatic N) is 6. The van der Waals surface area contributed by atoms with E-state index in [0.29, 0.717) is 74.1 Å². The summed E-state index contributed by atoms with van der Waals surface area (Å²) in [5.41, 5.74) is 1.34. The lowest BCUT2D eigenvalue weighted by Crippen LogP contribution is -2.53. The number of anilines is 3. The SMILES string of the molecule is CC1CCC(C(=O)N(c2cc(C#CC(C)(C)C)sc2C(=O)O)C2CC(CN(C)C)C2)CC1.COC(=O)c1sc(C#CC(C)(C)C)cc1N(C(=O)C1CCC(C)CC1)C1CC(C(=O)N(C)C)C1.COC(=O)c1sc(C#CC(C)(C)C)cc1N(C(=O)C1CCC(C)CC1)C1CC(CN(C)C)C1. The standard InChI is InChI=1S/C27H38N2O4S.C27H40N2O3S.C26H38N2O3S/c1-17-8-10-18(11-9-17)25(31)29(20-14-19(15-20)24(30)28(5)6)22-16-21(12-13-27(2,3)4)34-23(22)26(32)33-7;1-18-8-10-20(11-9-18)25(30)29(21-14-19(15-21)17-28(5)6)23-16-22(12-13-27(2,3)4)33-24(23)26(31)32-7;1-17-7-9-19(10-8-17)24(29)28(20-13-18(14-20)16-27(5)6)22-15-21(11-12-26(2,3)4)32-23(22)25(30)31/h16-20H,8-11,14-15H2,1-7H3;16,18-21H,8-11,14-15,17H2,1-7H3;15,17-20H,7-10,13-14,16H2,1-6H3,(H,30,31). The molecule has 16 nitrogen and oxygen atoms in total. The summed E-state index contributed by atoms with van der Waals surface area (Å²) in [6.07, 6.45) is 16.7. The van der Waals surface area contributed by atoms with Crippen LogP contribution in [0.5, 0.6) is 0 Å². The number of thiophene rings is 3. The van der Waals surface area contributed by atoms with Crippen molar-refractivity contribution >= 4 is 92.6 Å². The molecule has 0 saturated heterocycles. The minimum absolute atomic E-state index is 0.00949. The molecule has 3 aromatic rings. The van der Waals surface area contributed by atoms with Crippen LogP contribution in [0, 0.1) is 105 Å². The number of carbonyl (C=O) groups is 7. The van der Waals surface area contributed by atoms with Gasteiger partial charge in [0.05, 0.1) is 45.9 Å². The maximum Gasteiger partial charge on any atom is 0.350 e. The van der Waals surface area contributed by atoms with Crippen LogP contribution in [0.4, 0.5) is 17.1 Å². The van der Waals surface area contributed by atoms with Crippen LogP contribution in [0.25, 0.3) is 0 Å². The molecule has 19 heteroatoms. The van der Waals surface area contributed by atoms with Crippen molar-refractivity contribution in [1.29, 1.82) is 0 Å². The van der Waals surface area contributed by atoms with E-state index in [1.807, 2.05) is 74.4 Å². The zero-order valence-electron chi connectivity index (χ0n) is 63.3. The van der Waals surface area contributed by atoms with E-state index < -0.39 is 17.9 Å². The number of hydrogen-bond donors (Lipinski definition) is 1. The lowest BCUT2D eigenvalue weighted by molar-refractivity contribution is -0.137. The van der Waals surface area contributed by atoms with E-state index in [0.717, 1.165) is 126 Å². The second kappa shape index (κ2) is 34.8. The highest BCUT2D eigenvalue weighted by atomic mass is 32.1. The number of amides is 4. The van der Waals surface area contributed by atoms with Crippen LogP contribution < -0.4 is 14.7 Å². The molecule has 6 aliphatic carbocycles. The summed E-state index contributed by atoms with van der Waals surface area (Å²) < 4.78 is 10.2. The second-order valence-electron chi connectivity index (χ2n) is 33.3. The zero-order valence-corrected chi connectivity index (χ0v) is 65.8. The number of esters is 2. The number of hydrogen-bond acceptors (Lipinski definition) is 14. The number of aromatic carboxylic acids is 1. The maximum atomic E-state index is 13.9. The van der Waals surface area contributed by atoms with Crippen LogP contribution in [-0.4, -0.2) is 149 Å². The first-order chi connectivity index (χ1) is 46.3. The lowest BCUT2D eigenvalue weighted by Gasteiger charge is -2.45. The van der Waals surface area contributed by atoms with Gasteiger partial charge in [-0.3, -0.25) is 19.2 Å². The highest BCUT2D eigenvalue weighted by Gasteiger charge is 2.46. The third-order valence-electron chi connectivity index (χ3n) is 20.0. The van der Waals surface area contributed by atoms with Gasteiger partial charge < -0.3 is 44.0 Å². The van der Waals surface area contributed by atoms with Crippen molar-refractivity contribution in [1.82, 2.24) is 14.7 Å². The average molecular weight is 1420 g/mol. The van der Waals surface area contributed by atoms with Crippen molar-refractivity contribution in [2.75, 3.05) is 84.3 Å². The van der Waals surface area contributed by atoms with Crippen LogP contribution in [0.1, 0.15) is 242 Å². The van der Waals surface area contributed by atoms with Gasteiger partial charge in [-0.2, -0.15) is 0 Å². The minimum Gasteiger partial charge on any atom is -0.477 e. The third kappa shape index (κ3) is 22.5. The molecule has 3 aromatic heterocycles. The van der Waals surface area contributed by atoms with Gasteiger partial charge in [-0.15, -0.1) is 34.0 Å². The molecule has 0 radical (unpaired) electrons. The van der Waals surface area contributed by atoms with Crippen LogP contribution in [0.2, 0.25) is 0 Å². The highest BCUT2D eigenvalue weighted by molar-refractivity contribution is 7.16. The first kappa shape index (κ1) is 80.3. The minimum atomic E-state index is -0.979. The van der Waals surface area contributed by atoms with Crippen LogP contribution >= 0.6 is 34.0 Å². The molecule has 4 amide bonds. The van der Waals surface area contributed by atoms with Crippen molar-refractivity contribution in [2.45, 2.75) is 217 Å². The molecule has 0 aliphatic heterocycles. The summed E-state index contributed by atoms with van der Waals surface area (Å²) in [5.74, 6) is 20.8. The Kier molecular flexibility index (Phi) is 28.2. The molecular weight excluding hydrogens is 1300 g/mol. The summed E-state index contributed by atoms with van der Waals surface area (Å²) in [6, 6.07) is 5.74. The molecule has 0 spiro atoms. The topological polar surface area (TPSA) is 178 Å². The number of carbonyl (C=O) groups excluding carboxylic acids is 6. The Bertz CT molecular complexity index is 3500. The lowest BCUT2D eigenvalue weighted by atomic mass is 9.76. The van der Waals surface area contributed by atoms with Gasteiger partial charge in [0, 0.05) is 85.2 Å². The Hall–Kier alpha value is -6.01. The van der Waals surface area contributed by atoms with Crippen LogP contribution in [-0.2, 0) is 28.7 Å². The monoisotopic (exact) mass is 1420 g/mol. The van der Waals surface area contributed by atoms with Gasteiger partial charge in [0.25, 0.3) is 0 Å². The van der Waals surface area contributed by atoms with Crippen LogP contribution in [0.3, 0.4) is 0 Å². The molecular formula is C80H116N6O10S3. The molecule has 0 aromatic carbocycles. The molecule has 0 atom stereocenters. The molecule has 6 fully saturated rings. The third-order valence-corrected chi connectivity index (χ3v) is 23.1.